The second kappa shape index (κ2) is 6.18. The molecule has 1 saturated carbocycles. The Morgan fingerprint density at radius 3 is 2.67 bits per heavy atom. The van der Waals surface area contributed by atoms with E-state index in [2.05, 4.69) is 10.6 Å². The number of piperidine rings is 1. The number of hydrogen-bond donors (Lipinski definition) is 3. The van der Waals surface area contributed by atoms with Crippen molar-refractivity contribution < 1.29 is 14.7 Å². The third kappa shape index (κ3) is 3.22. The first-order valence-corrected chi connectivity index (χ1v) is 6.92. The van der Waals surface area contributed by atoms with E-state index in [0.717, 1.165) is 45.1 Å². The van der Waals surface area contributed by atoms with Gasteiger partial charge in [-0.3, -0.25) is 9.59 Å². The Labute approximate surface area is 107 Å². The van der Waals surface area contributed by atoms with Gasteiger partial charge in [-0.25, -0.2) is 0 Å². The fraction of sp³-hybridized carbons (Fsp3) is 0.846. The van der Waals surface area contributed by atoms with Gasteiger partial charge >= 0.3 is 5.97 Å². The molecule has 3 unspecified atom stereocenters. The van der Waals surface area contributed by atoms with Gasteiger partial charge in [0.15, 0.2) is 0 Å². The molecule has 1 aliphatic carbocycles. The average Bonchev–Trinajstić information content (AvgIpc) is 2.85. The monoisotopic (exact) mass is 254 g/mol. The predicted molar refractivity (Wildman–Crippen MR) is 67.1 cm³/mol. The summed E-state index contributed by atoms with van der Waals surface area (Å²) < 4.78 is 0. The predicted octanol–water partition coefficient (Wildman–Crippen LogP) is 0.746. The van der Waals surface area contributed by atoms with E-state index >= 15 is 0 Å². The van der Waals surface area contributed by atoms with Gasteiger partial charge in [-0.2, -0.15) is 0 Å². The molecule has 1 aliphatic heterocycles. The standard InChI is InChI=1S/C13H22N2O3/c16-12(11-6-1-2-7-14-11)15-8-9-4-3-5-10(9)13(17)18/h9-11,14H,1-8H2,(H,15,16)(H,17,18). The van der Waals surface area contributed by atoms with E-state index in [4.69, 9.17) is 5.11 Å². The summed E-state index contributed by atoms with van der Waals surface area (Å²) in [5, 5.41) is 15.2. The maximum Gasteiger partial charge on any atom is 0.306 e. The van der Waals surface area contributed by atoms with Crippen molar-refractivity contribution in [1.82, 2.24) is 10.6 Å². The minimum atomic E-state index is -0.720. The highest BCUT2D eigenvalue weighted by Crippen LogP contribution is 2.31. The summed E-state index contributed by atoms with van der Waals surface area (Å²) in [5.41, 5.74) is 0. The quantitative estimate of drug-likeness (QED) is 0.691. The van der Waals surface area contributed by atoms with Gasteiger partial charge in [0, 0.05) is 6.54 Å². The van der Waals surface area contributed by atoms with Gasteiger partial charge in [0.05, 0.1) is 12.0 Å². The molecule has 0 radical (unpaired) electrons. The zero-order valence-electron chi connectivity index (χ0n) is 10.7. The Kier molecular flexibility index (Phi) is 4.58. The smallest absolute Gasteiger partial charge is 0.306 e. The highest BCUT2D eigenvalue weighted by atomic mass is 16.4. The van der Waals surface area contributed by atoms with Crippen LogP contribution in [-0.4, -0.2) is 36.1 Å². The number of amides is 1. The van der Waals surface area contributed by atoms with Crippen molar-refractivity contribution in [3.05, 3.63) is 0 Å². The number of carbonyl (C=O) groups is 2. The third-order valence-corrected chi connectivity index (χ3v) is 4.14. The lowest BCUT2D eigenvalue weighted by molar-refractivity contribution is -0.143. The van der Waals surface area contributed by atoms with Crippen molar-refractivity contribution in [2.75, 3.05) is 13.1 Å². The number of carboxylic acids is 1. The second-order valence-electron chi connectivity index (χ2n) is 5.38. The molecule has 1 saturated heterocycles. The fourth-order valence-corrected chi connectivity index (χ4v) is 3.04. The number of hydrogen-bond acceptors (Lipinski definition) is 3. The number of carboxylic acid groups (broad SMARTS) is 1. The fourth-order valence-electron chi connectivity index (χ4n) is 3.04. The van der Waals surface area contributed by atoms with Crippen molar-refractivity contribution in [3.63, 3.8) is 0 Å². The highest BCUT2D eigenvalue weighted by Gasteiger charge is 2.33. The van der Waals surface area contributed by atoms with E-state index in [1.807, 2.05) is 0 Å². The maximum absolute atomic E-state index is 11.9. The van der Waals surface area contributed by atoms with E-state index in [1.54, 1.807) is 0 Å². The topological polar surface area (TPSA) is 78.4 Å². The van der Waals surface area contributed by atoms with E-state index in [1.165, 1.54) is 0 Å². The molecule has 2 fully saturated rings. The molecule has 0 bridgehead atoms. The van der Waals surface area contributed by atoms with Gasteiger partial charge < -0.3 is 15.7 Å². The SMILES string of the molecule is O=C(NCC1CCCC1C(=O)O)C1CCCCN1. The molecule has 5 heteroatoms. The van der Waals surface area contributed by atoms with Gasteiger partial charge in [-0.1, -0.05) is 12.8 Å². The van der Waals surface area contributed by atoms with Crippen LogP contribution in [0.4, 0.5) is 0 Å². The zero-order valence-corrected chi connectivity index (χ0v) is 10.7. The molecule has 0 aromatic carbocycles. The zero-order chi connectivity index (χ0) is 13.0. The van der Waals surface area contributed by atoms with Gasteiger partial charge in [0.1, 0.15) is 0 Å². The summed E-state index contributed by atoms with van der Waals surface area (Å²) in [6.07, 6.45) is 5.73. The molecular weight excluding hydrogens is 232 g/mol. The molecule has 3 N–H and O–H groups in total. The molecule has 2 rings (SSSR count). The van der Waals surface area contributed by atoms with Crippen LogP contribution in [0.15, 0.2) is 0 Å². The number of aliphatic carboxylic acids is 1. The normalized spacial score (nSPS) is 32.1. The molecule has 3 atom stereocenters. The van der Waals surface area contributed by atoms with E-state index in [9.17, 15) is 9.59 Å². The molecule has 0 spiro atoms. The maximum atomic E-state index is 11.9. The van der Waals surface area contributed by atoms with Gasteiger partial charge in [-0.05, 0) is 38.1 Å². The van der Waals surface area contributed by atoms with Crippen LogP contribution in [0.25, 0.3) is 0 Å². The van der Waals surface area contributed by atoms with E-state index in [0.29, 0.717) is 6.54 Å². The summed E-state index contributed by atoms with van der Waals surface area (Å²) in [6.45, 7) is 1.41. The van der Waals surface area contributed by atoms with Crippen molar-refractivity contribution in [2.45, 2.75) is 44.6 Å². The van der Waals surface area contributed by atoms with Crippen molar-refractivity contribution in [1.29, 1.82) is 0 Å². The lowest BCUT2D eigenvalue weighted by Gasteiger charge is -2.24. The molecule has 102 valence electrons. The molecule has 1 heterocycles. The number of rotatable bonds is 4. The van der Waals surface area contributed by atoms with E-state index in [-0.39, 0.29) is 23.8 Å². The summed E-state index contributed by atoms with van der Waals surface area (Å²) in [5.74, 6) is -0.854. The Bertz CT molecular complexity index is 313. The van der Waals surface area contributed by atoms with Gasteiger partial charge in [-0.15, -0.1) is 0 Å². The van der Waals surface area contributed by atoms with Gasteiger partial charge in [0.25, 0.3) is 0 Å². The first-order chi connectivity index (χ1) is 8.68. The van der Waals surface area contributed by atoms with Crippen molar-refractivity contribution in [3.8, 4) is 0 Å². The third-order valence-electron chi connectivity index (χ3n) is 4.14. The second-order valence-corrected chi connectivity index (χ2v) is 5.38. The molecular formula is C13H22N2O3. The Morgan fingerprint density at radius 1 is 1.17 bits per heavy atom. The molecule has 18 heavy (non-hydrogen) atoms. The van der Waals surface area contributed by atoms with Crippen LogP contribution in [0.5, 0.6) is 0 Å². The first-order valence-electron chi connectivity index (χ1n) is 6.92. The first kappa shape index (κ1) is 13.3. The van der Waals surface area contributed by atoms with Crippen LogP contribution < -0.4 is 10.6 Å². The number of carbonyl (C=O) groups excluding carboxylic acids is 1. The summed E-state index contributed by atoms with van der Waals surface area (Å²) in [4.78, 5) is 22.9. The minimum Gasteiger partial charge on any atom is -0.481 e. The molecule has 2 aliphatic rings. The molecule has 0 aromatic heterocycles. The molecule has 1 amide bonds. The average molecular weight is 254 g/mol. The van der Waals surface area contributed by atoms with Crippen LogP contribution in [0.1, 0.15) is 38.5 Å². The van der Waals surface area contributed by atoms with Gasteiger partial charge in [0.2, 0.25) is 5.91 Å². The Morgan fingerprint density at radius 2 is 2.00 bits per heavy atom. The van der Waals surface area contributed by atoms with Crippen LogP contribution >= 0.6 is 0 Å². The van der Waals surface area contributed by atoms with Crippen LogP contribution in [-0.2, 0) is 9.59 Å². The minimum absolute atomic E-state index is 0.0331. The van der Waals surface area contributed by atoms with Crippen LogP contribution in [0, 0.1) is 11.8 Å². The van der Waals surface area contributed by atoms with Crippen LogP contribution in [0.3, 0.4) is 0 Å². The lowest BCUT2D eigenvalue weighted by Crippen LogP contribution is -2.48. The van der Waals surface area contributed by atoms with Crippen LogP contribution in [0.2, 0.25) is 0 Å². The highest BCUT2D eigenvalue weighted by molar-refractivity contribution is 5.81. The summed E-state index contributed by atoms with van der Waals surface area (Å²) in [7, 11) is 0. The largest absolute Gasteiger partial charge is 0.481 e. The lowest BCUT2D eigenvalue weighted by atomic mass is 9.96. The molecule has 5 nitrogen and oxygen atoms in total. The van der Waals surface area contributed by atoms with Crippen molar-refractivity contribution in [2.24, 2.45) is 11.8 Å². The summed E-state index contributed by atoms with van der Waals surface area (Å²) in [6, 6.07) is -0.0802. The Balaban J connectivity index is 1.76. The van der Waals surface area contributed by atoms with Crippen molar-refractivity contribution >= 4 is 11.9 Å². The Hall–Kier alpha value is -1.10. The molecule has 0 aromatic rings. The van der Waals surface area contributed by atoms with E-state index < -0.39 is 5.97 Å². The summed E-state index contributed by atoms with van der Waals surface area (Å²) >= 11 is 0. The number of nitrogens with one attached hydrogen (secondary N) is 2.